The smallest absolute Gasteiger partial charge is 0.133 e. The van der Waals surface area contributed by atoms with Crippen LogP contribution in [-0.4, -0.2) is 23.2 Å². The van der Waals surface area contributed by atoms with Gasteiger partial charge in [-0.05, 0) is 11.6 Å². The average Bonchev–Trinajstić information content (AvgIpc) is 2.38. The molecule has 0 unspecified atom stereocenters. The van der Waals surface area contributed by atoms with Gasteiger partial charge in [-0.25, -0.2) is 4.98 Å². The standard InChI is InChI=1S/C14H16ClN3O/c15-13-8-12(16)9-14(17-13)18(6-7-19)10-11-4-2-1-3-5-11/h1-5,8-9,19H,6-7,10H2,(H2,16,17). The molecule has 3 N–H and O–H groups in total. The predicted molar refractivity (Wildman–Crippen MR) is 78.2 cm³/mol. The van der Waals surface area contributed by atoms with Gasteiger partial charge in [0.25, 0.3) is 0 Å². The SMILES string of the molecule is Nc1cc(Cl)nc(N(CCO)Cc2ccccc2)c1. The molecule has 2 rings (SSSR count). The first-order valence-electron chi connectivity index (χ1n) is 6.02. The highest BCUT2D eigenvalue weighted by Crippen LogP contribution is 2.21. The first-order valence-corrected chi connectivity index (χ1v) is 6.39. The fourth-order valence-electron chi connectivity index (χ4n) is 1.86. The Morgan fingerprint density at radius 2 is 1.95 bits per heavy atom. The Morgan fingerprint density at radius 1 is 1.21 bits per heavy atom. The number of nitrogens with two attached hydrogens (primary N) is 1. The lowest BCUT2D eigenvalue weighted by Crippen LogP contribution is -2.27. The Bertz CT molecular complexity index is 513. The van der Waals surface area contributed by atoms with Crippen LogP contribution in [0.3, 0.4) is 0 Å². The highest BCUT2D eigenvalue weighted by atomic mass is 35.5. The van der Waals surface area contributed by atoms with Crippen molar-refractivity contribution in [1.29, 1.82) is 0 Å². The van der Waals surface area contributed by atoms with Crippen molar-refractivity contribution in [3.63, 3.8) is 0 Å². The molecule has 0 spiro atoms. The second-order valence-corrected chi connectivity index (χ2v) is 4.60. The fourth-order valence-corrected chi connectivity index (χ4v) is 2.08. The van der Waals surface area contributed by atoms with E-state index >= 15 is 0 Å². The van der Waals surface area contributed by atoms with Gasteiger partial charge in [-0.15, -0.1) is 0 Å². The molecule has 1 aromatic carbocycles. The summed E-state index contributed by atoms with van der Waals surface area (Å²) in [4.78, 5) is 6.19. The van der Waals surface area contributed by atoms with Crippen LogP contribution in [0.4, 0.5) is 11.5 Å². The minimum atomic E-state index is 0.0426. The van der Waals surface area contributed by atoms with E-state index in [0.29, 0.717) is 29.7 Å². The van der Waals surface area contributed by atoms with Crippen molar-refractivity contribution in [3.8, 4) is 0 Å². The van der Waals surface area contributed by atoms with Crippen LogP contribution in [-0.2, 0) is 6.54 Å². The zero-order valence-corrected chi connectivity index (χ0v) is 11.2. The maximum atomic E-state index is 9.18. The van der Waals surface area contributed by atoms with E-state index in [2.05, 4.69) is 4.98 Å². The highest BCUT2D eigenvalue weighted by Gasteiger charge is 2.10. The summed E-state index contributed by atoms with van der Waals surface area (Å²) in [6, 6.07) is 13.3. The van der Waals surface area contributed by atoms with E-state index in [-0.39, 0.29) is 6.61 Å². The first kappa shape index (κ1) is 13.6. The average molecular weight is 278 g/mol. The molecule has 0 aliphatic carbocycles. The van der Waals surface area contributed by atoms with Gasteiger partial charge >= 0.3 is 0 Å². The second-order valence-electron chi connectivity index (χ2n) is 4.21. The number of nitrogens with zero attached hydrogens (tertiary/aromatic N) is 2. The van der Waals surface area contributed by atoms with Gasteiger partial charge in [-0.1, -0.05) is 41.9 Å². The summed E-state index contributed by atoms with van der Waals surface area (Å²) in [7, 11) is 0. The summed E-state index contributed by atoms with van der Waals surface area (Å²) in [5.41, 5.74) is 7.47. The largest absolute Gasteiger partial charge is 0.399 e. The van der Waals surface area contributed by atoms with E-state index < -0.39 is 0 Å². The van der Waals surface area contributed by atoms with Crippen LogP contribution in [0, 0.1) is 0 Å². The van der Waals surface area contributed by atoms with Crippen LogP contribution in [0.15, 0.2) is 42.5 Å². The van der Waals surface area contributed by atoms with Crippen LogP contribution in [0.5, 0.6) is 0 Å². The summed E-state index contributed by atoms with van der Waals surface area (Å²) in [5, 5.41) is 9.53. The van der Waals surface area contributed by atoms with Gasteiger partial charge in [0, 0.05) is 24.8 Å². The van der Waals surface area contributed by atoms with Crippen LogP contribution in [0.1, 0.15) is 5.56 Å². The third-order valence-corrected chi connectivity index (χ3v) is 2.91. The highest BCUT2D eigenvalue weighted by molar-refractivity contribution is 6.29. The van der Waals surface area contributed by atoms with Gasteiger partial charge in [-0.2, -0.15) is 0 Å². The molecule has 0 bridgehead atoms. The summed E-state index contributed by atoms with van der Waals surface area (Å²) < 4.78 is 0. The van der Waals surface area contributed by atoms with E-state index in [9.17, 15) is 5.11 Å². The summed E-state index contributed by atoms with van der Waals surface area (Å²) in [6.07, 6.45) is 0. The van der Waals surface area contributed by atoms with Crippen molar-refractivity contribution in [2.24, 2.45) is 0 Å². The Labute approximate surface area is 117 Å². The fraction of sp³-hybridized carbons (Fsp3) is 0.214. The van der Waals surface area contributed by atoms with Crippen LogP contribution >= 0.6 is 11.6 Å². The normalized spacial score (nSPS) is 10.4. The van der Waals surface area contributed by atoms with Crippen molar-refractivity contribution in [2.75, 3.05) is 23.8 Å². The Hall–Kier alpha value is -1.78. The van der Waals surface area contributed by atoms with Crippen molar-refractivity contribution < 1.29 is 5.11 Å². The maximum Gasteiger partial charge on any atom is 0.133 e. The number of anilines is 2. The lowest BCUT2D eigenvalue weighted by molar-refractivity contribution is 0.301. The number of rotatable bonds is 5. The number of hydrogen-bond donors (Lipinski definition) is 2. The topological polar surface area (TPSA) is 62.4 Å². The zero-order chi connectivity index (χ0) is 13.7. The molecule has 0 saturated carbocycles. The number of aliphatic hydroxyl groups excluding tert-OH is 1. The molecule has 100 valence electrons. The lowest BCUT2D eigenvalue weighted by atomic mass is 10.2. The molecule has 0 amide bonds. The molecule has 0 aliphatic rings. The molecule has 0 aliphatic heterocycles. The van der Waals surface area contributed by atoms with Crippen LogP contribution in [0.25, 0.3) is 0 Å². The molecule has 4 nitrogen and oxygen atoms in total. The van der Waals surface area contributed by atoms with Crippen molar-refractivity contribution in [2.45, 2.75) is 6.54 Å². The van der Waals surface area contributed by atoms with E-state index in [4.69, 9.17) is 17.3 Å². The molecule has 0 fully saturated rings. The molecule has 2 aromatic rings. The van der Waals surface area contributed by atoms with Gasteiger partial charge in [-0.3, -0.25) is 0 Å². The number of aliphatic hydroxyl groups is 1. The molecule has 1 heterocycles. The second kappa shape index (κ2) is 6.41. The minimum absolute atomic E-state index is 0.0426. The third kappa shape index (κ3) is 3.84. The van der Waals surface area contributed by atoms with Gasteiger partial charge in [0.1, 0.15) is 11.0 Å². The quantitative estimate of drug-likeness (QED) is 0.824. The van der Waals surface area contributed by atoms with Crippen molar-refractivity contribution in [1.82, 2.24) is 4.98 Å². The summed E-state index contributed by atoms with van der Waals surface area (Å²) in [6.45, 7) is 1.16. The number of nitrogen functional groups attached to an aromatic ring is 1. The number of pyridine rings is 1. The van der Waals surface area contributed by atoms with Gasteiger partial charge < -0.3 is 15.7 Å². The molecular weight excluding hydrogens is 262 g/mol. The Balaban J connectivity index is 2.24. The number of halogens is 1. The van der Waals surface area contributed by atoms with E-state index in [1.165, 1.54) is 0 Å². The number of aromatic nitrogens is 1. The summed E-state index contributed by atoms with van der Waals surface area (Å²) >= 11 is 5.92. The predicted octanol–water partition coefficient (Wildman–Crippen LogP) is 2.32. The maximum absolute atomic E-state index is 9.18. The number of hydrogen-bond acceptors (Lipinski definition) is 4. The molecule has 0 atom stereocenters. The Morgan fingerprint density at radius 3 is 2.58 bits per heavy atom. The van der Waals surface area contributed by atoms with Gasteiger partial charge in [0.2, 0.25) is 0 Å². The van der Waals surface area contributed by atoms with Crippen LogP contribution < -0.4 is 10.6 Å². The molecule has 19 heavy (non-hydrogen) atoms. The zero-order valence-electron chi connectivity index (χ0n) is 10.5. The van der Waals surface area contributed by atoms with Gasteiger partial charge in [0.15, 0.2) is 0 Å². The lowest BCUT2D eigenvalue weighted by Gasteiger charge is -2.23. The van der Waals surface area contributed by atoms with Crippen molar-refractivity contribution in [3.05, 3.63) is 53.2 Å². The van der Waals surface area contributed by atoms with Crippen molar-refractivity contribution >= 4 is 23.1 Å². The van der Waals surface area contributed by atoms with Crippen LogP contribution in [0.2, 0.25) is 5.15 Å². The Kier molecular flexibility index (Phi) is 4.60. The monoisotopic (exact) mass is 277 g/mol. The first-order chi connectivity index (χ1) is 9.19. The van der Waals surface area contributed by atoms with E-state index in [1.54, 1.807) is 12.1 Å². The number of benzene rings is 1. The molecule has 0 radical (unpaired) electrons. The molecule has 0 saturated heterocycles. The minimum Gasteiger partial charge on any atom is -0.399 e. The third-order valence-electron chi connectivity index (χ3n) is 2.71. The molecule has 5 heteroatoms. The van der Waals surface area contributed by atoms with E-state index in [0.717, 1.165) is 5.56 Å². The molecule has 1 aromatic heterocycles. The van der Waals surface area contributed by atoms with E-state index in [1.807, 2.05) is 35.2 Å². The van der Waals surface area contributed by atoms with Gasteiger partial charge in [0.05, 0.1) is 6.61 Å². The summed E-state index contributed by atoms with van der Waals surface area (Å²) in [5.74, 6) is 0.669. The molecular formula is C14H16ClN3O.